The van der Waals surface area contributed by atoms with Crippen molar-refractivity contribution in [1.29, 1.82) is 0 Å². The van der Waals surface area contributed by atoms with E-state index in [2.05, 4.69) is 17.1 Å². The second-order valence-corrected chi connectivity index (χ2v) is 4.22. The van der Waals surface area contributed by atoms with E-state index >= 15 is 0 Å². The number of aromatic amines is 1. The Kier molecular flexibility index (Phi) is 2.38. The molecule has 3 nitrogen and oxygen atoms in total. The number of amides is 1. The molecular weight excluding hydrogens is 224 g/mol. The fourth-order valence-electron chi connectivity index (χ4n) is 2.08. The summed E-state index contributed by atoms with van der Waals surface area (Å²) in [6.45, 7) is 0. The van der Waals surface area contributed by atoms with Crippen LogP contribution in [0.25, 0.3) is 22.0 Å². The van der Waals surface area contributed by atoms with Crippen LogP contribution in [0.3, 0.4) is 0 Å². The van der Waals surface area contributed by atoms with Gasteiger partial charge >= 0.3 is 0 Å². The number of hydrogen-bond acceptors (Lipinski definition) is 1. The second kappa shape index (κ2) is 4.04. The Morgan fingerprint density at radius 1 is 1.00 bits per heavy atom. The molecule has 3 rings (SSSR count). The smallest absolute Gasteiger partial charge is 0.248 e. The lowest BCUT2D eigenvalue weighted by molar-refractivity contribution is 0.100. The Labute approximate surface area is 104 Å². The number of hydrogen-bond donors (Lipinski definition) is 2. The highest BCUT2D eigenvalue weighted by Gasteiger charge is 2.04. The van der Waals surface area contributed by atoms with Gasteiger partial charge in [-0.1, -0.05) is 24.3 Å². The molecule has 0 unspecified atom stereocenters. The van der Waals surface area contributed by atoms with E-state index in [9.17, 15) is 4.79 Å². The molecule has 18 heavy (non-hydrogen) atoms. The maximum atomic E-state index is 11.2. The van der Waals surface area contributed by atoms with Crippen molar-refractivity contribution in [3.05, 3.63) is 60.3 Å². The summed E-state index contributed by atoms with van der Waals surface area (Å²) in [5.74, 6) is -0.405. The van der Waals surface area contributed by atoms with Crippen molar-refractivity contribution in [3.63, 3.8) is 0 Å². The highest BCUT2D eigenvalue weighted by atomic mass is 16.1. The van der Waals surface area contributed by atoms with Crippen molar-refractivity contribution in [2.75, 3.05) is 0 Å². The minimum Gasteiger partial charge on any atom is -0.366 e. The molecule has 3 heteroatoms. The van der Waals surface area contributed by atoms with E-state index < -0.39 is 5.91 Å². The molecule has 0 aliphatic carbocycles. The van der Waals surface area contributed by atoms with Gasteiger partial charge < -0.3 is 10.7 Å². The molecule has 2 aromatic carbocycles. The van der Waals surface area contributed by atoms with Gasteiger partial charge in [0.1, 0.15) is 0 Å². The number of carbonyl (C=O) groups excluding carboxylic acids is 1. The Hall–Kier alpha value is -2.55. The lowest BCUT2D eigenvalue weighted by atomic mass is 10.0. The van der Waals surface area contributed by atoms with E-state index in [-0.39, 0.29) is 0 Å². The Bertz CT molecular complexity index is 728. The average molecular weight is 236 g/mol. The van der Waals surface area contributed by atoms with Gasteiger partial charge in [-0.15, -0.1) is 0 Å². The fraction of sp³-hybridized carbons (Fsp3) is 0. The lowest BCUT2D eigenvalue weighted by Crippen LogP contribution is -2.10. The third-order valence-corrected chi connectivity index (χ3v) is 3.04. The zero-order valence-electron chi connectivity index (χ0n) is 9.68. The van der Waals surface area contributed by atoms with Crippen molar-refractivity contribution in [1.82, 2.24) is 4.98 Å². The van der Waals surface area contributed by atoms with E-state index in [1.807, 2.05) is 36.5 Å². The standard InChI is InChI=1S/C15H12N2O/c16-15(18)13-3-1-2-11(8-13)12-5-4-10-6-7-17-14(10)9-12/h1-9,17H,(H2,16,18). The van der Waals surface area contributed by atoms with Crippen LogP contribution in [0, 0.1) is 0 Å². The Morgan fingerprint density at radius 3 is 2.67 bits per heavy atom. The molecule has 3 N–H and O–H groups in total. The Balaban J connectivity index is 2.13. The summed E-state index contributed by atoms with van der Waals surface area (Å²) in [6, 6.07) is 15.5. The molecule has 0 fully saturated rings. The molecule has 0 saturated heterocycles. The maximum Gasteiger partial charge on any atom is 0.248 e. The number of nitrogens with two attached hydrogens (primary N) is 1. The van der Waals surface area contributed by atoms with Gasteiger partial charge in [-0.2, -0.15) is 0 Å². The highest BCUT2D eigenvalue weighted by molar-refractivity contribution is 5.94. The van der Waals surface area contributed by atoms with Crippen LogP contribution in [-0.2, 0) is 0 Å². The van der Waals surface area contributed by atoms with Crippen LogP contribution in [0.1, 0.15) is 10.4 Å². The quantitative estimate of drug-likeness (QED) is 0.706. The lowest BCUT2D eigenvalue weighted by Gasteiger charge is -2.03. The molecule has 0 aliphatic heterocycles. The molecular formula is C15H12N2O. The largest absolute Gasteiger partial charge is 0.366 e. The molecule has 1 aromatic heterocycles. The van der Waals surface area contributed by atoms with Gasteiger partial charge in [-0.25, -0.2) is 0 Å². The van der Waals surface area contributed by atoms with E-state index in [1.54, 1.807) is 6.07 Å². The summed E-state index contributed by atoms with van der Waals surface area (Å²) in [7, 11) is 0. The molecule has 1 heterocycles. The number of carbonyl (C=O) groups is 1. The molecule has 0 spiro atoms. The van der Waals surface area contributed by atoms with Crippen LogP contribution in [0.15, 0.2) is 54.7 Å². The number of primary amides is 1. The van der Waals surface area contributed by atoms with Gasteiger partial charge in [0, 0.05) is 17.3 Å². The number of fused-ring (bicyclic) bond motifs is 1. The predicted octanol–water partition coefficient (Wildman–Crippen LogP) is 2.93. The third kappa shape index (κ3) is 1.76. The second-order valence-electron chi connectivity index (χ2n) is 4.22. The van der Waals surface area contributed by atoms with Gasteiger partial charge in [0.15, 0.2) is 0 Å². The fourth-order valence-corrected chi connectivity index (χ4v) is 2.08. The third-order valence-electron chi connectivity index (χ3n) is 3.04. The molecule has 0 atom stereocenters. The number of benzene rings is 2. The van der Waals surface area contributed by atoms with Gasteiger partial charge in [0.2, 0.25) is 5.91 Å². The average Bonchev–Trinajstić information content (AvgIpc) is 2.86. The van der Waals surface area contributed by atoms with Crippen LogP contribution in [-0.4, -0.2) is 10.9 Å². The molecule has 3 aromatic rings. The maximum absolute atomic E-state index is 11.2. The number of nitrogens with one attached hydrogen (secondary N) is 1. The van der Waals surface area contributed by atoms with Crippen LogP contribution in [0.2, 0.25) is 0 Å². The van der Waals surface area contributed by atoms with Crippen molar-refractivity contribution >= 4 is 16.8 Å². The van der Waals surface area contributed by atoms with Crippen LogP contribution >= 0.6 is 0 Å². The van der Waals surface area contributed by atoms with Crippen LogP contribution in [0.4, 0.5) is 0 Å². The number of aromatic nitrogens is 1. The van der Waals surface area contributed by atoms with Gasteiger partial charge in [0.25, 0.3) is 0 Å². The van der Waals surface area contributed by atoms with E-state index in [1.165, 1.54) is 5.39 Å². The molecule has 0 bridgehead atoms. The van der Waals surface area contributed by atoms with Crippen molar-refractivity contribution in [2.24, 2.45) is 5.73 Å². The van der Waals surface area contributed by atoms with E-state index in [0.29, 0.717) is 5.56 Å². The predicted molar refractivity (Wildman–Crippen MR) is 72.3 cm³/mol. The van der Waals surface area contributed by atoms with Gasteiger partial charge in [0.05, 0.1) is 0 Å². The molecule has 0 radical (unpaired) electrons. The SMILES string of the molecule is NC(=O)c1cccc(-c2ccc3cc[nH]c3c2)c1. The summed E-state index contributed by atoms with van der Waals surface area (Å²) in [5.41, 5.74) is 8.95. The minimum absolute atomic E-state index is 0.405. The van der Waals surface area contributed by atoms with Crippen LogP contribution < -0.4 is 5.73 Å². The van der Waals surface area contributed by atoms with Gasteiger partial charge in [-0.3, -0.25) is 4.79 Å². The van der Waals surface area contributed by atoms with E-state index in [4.69, 9.17) is 5.73 Å². The monoisotopic (exact) mass is 236 g/mol. The summed E-state index contributed by atoms with van der Waals surface area (Å²) < 4.78 is 0. The summed E-state index contributed by atoms with van der Waals surface area (Å²) >= 11 is 0. The van der Waals surface area contributed by atoms with Crippen molar-refractivity contribution in [2.45, 2.75) is 0 Å². The van der Waals surface area contributed by atoms with E-state index in [0.717, 1.165) is 16.6 Å². The molecule has 88 valence electrons. The first kappa shape index (κ1) is 10.6. The van der Waals surface area contributed by atoms with Crippen LogP contribution in [0.5, 0.6) is 0 Å². The summed E-state index contributed by atoms with van der Waals surface area (Å²) in [5, 5.41) is 1.17. The number of H-pyrrole nitrogens is 1. The molecule has 0 saturated carbocycles. The molecule has 1 amide bonds. The van der Waals surface area contributed by atoms with Crippen molar-refractivity contribution < 1.29 is 4.79 Å². The first-order chi connectivity index (χ1) is 8.74. The first-order valence-electron chi connectivity index (χ1n) is 5.71. The Morgan fingerprint density at radius 2 is 1.83 bits per heavy atom. The highest BCUT2D eigenvalue weighted by Crippen LogP contribution is 2.24. The van der Waals surface area contributed by atoms with Gasteiger partial charge in [-0.05, 0) is 40.8 Å². The topological polar surface area (TPSA) is 58.9 Å². The zero-order chi connectivity index (χ0) is 12.5. The first-order valence-corrected chi connectivity index (χ1v) is 5.71. The number of rotatable bonds is 2. The normalized spacial score (nSPS) is 10.7. The zero-order valence-corrected chi connectivity index (χ0v) is 9.68. The molecule has 0 aliphatic rings. The summed E-state index contributed by atoms with van der Waals surface area (Å²) in [6.07, 6.45) is 1.91. The summed E-state index contributed by atoms with van der Waals surface area (Å²) in [4.78, 5) is 14.3. The minimum atomic E-state index is -0.405. The van der Waals surface area contributed by atoms with Crippen molar-refractivity contribution in [3.8, 4) is 11.1 Å².